The standard InChI is InChI=1S/C23H24FNO.C4H4O4/c1-18(19-12-14-22(24)15-13-19)25(26)17-16-23(20-8-4-2-5-9-20)21-10-6-3-7-11-21;5-3(6)1-2-4(7)8/h2-15,18,23,26H,16-17H2,1H3;1-2H,(H,5,6)(H,7,8). The summed E-state index contributed by atoms with van der Waals surface area (Å²) in [6, 6.07) is 26.8. The fourth-order valence-electron chi connectivity index (χ4n) is 3.41. The number of aliphatic carboxylic acids is 2. The number of hydrogen-bond acceptors (Lipinski definition) is 4. The van der Waals surface area contributed by atoms with Gasteiger partial charge in [0.25, 0.3) is 0 Å². The van der Waals surface area contributed by atoms with Gasteiger partial charge in [-0.1, -0.05) is 72.8 Å². The molecule has 0 fully saturated rings. The van der Waals surface area contributed by atoms with Gasteiger partial charge in [-0.2, -0.15) is 5.06 Å². The Kier molecular flexibility index (Phi) is 10.6. The van der Waals surface area contributed by atoms with E-state index < -0.39 is 11.9 Å². The number of benzene rings is 3. The zero-order chi connectivity index (χ0) is 24.9. The average molecular weight is 466 g/mol. The van der Waals surface area contributed by atoms with Crippen LogP contribution < -0.4 is 0 Å². The lowest BCUT2D eigenvalue weighted by Crippen LogP contribution is -2.25. The van der Waals surface area contributed by atoms with E-state index in [1.807, 2.05) is 43.3 Å². The SMILES string of the molecule is CC(c1ccc(F)cc1)N(O)CCC(c1ccccc1)c1ccccc1.O=C(O)C=CC(=O)O. The van der Waals surface area contributed by atoms with Crippen LogP contribution in [-0.2, 0) is 9.59 Å². The fourth-order valence-corrected chi connectivity index (χ4v) is 3.41. The predicted molar refractivity (Wildman–Crippen MR) is 127 cm³/mol. The van der Waals surface area contributed by atoms with Gasteiger partial charge in [-0.25, -0.2) is 14.0 Å². The van der Waals surface area contributed by atoms with Gasteiger partial charge in [-0.05, 0) is 42.2 Å². The Morgan fingerprint density at radius 2 is 1.24 bits per heavy atom. The molecule has 6 nitrogen and oxygen atoms in total. The third-order valence-electron chi connectivity index (χ3n) is 5.22. The molecule has 0 aromatic heterocycles. The summed E-state index contributed by atoms with van der Waals surface area (Å²) >= 11 is 0. The first-order chi connectivity index (χ1) is 16.3. The van der Waals surface area contributed by atoms with Crippen molar-refractivity contribution in [2.45, 2.75) is 25.3 Å². The number of halogens is 1. The predicted octanol–water partition coefficient (Wildman–Crippen LogP) is 5.51. The maximum Gasteiger partial charge on any atom is 0.328 e. The number of hydroxylamine groups is 2. The summed E-state index contributed by atoms with van der Waals surface area (Å²) in [5.41, 5.74) is 3.37. The Morgan fingerprint density at radius 3 is 1.65 bits per heavy atom. The first-order valence-electron chi connectivity index (χ1n) is 10.7. The Balaban J connectivity index is 0.000000440. The summed E-state index contributed by atoms with van der Waals surface area (Å²) < 4.78 is 13.1. The molecule has 0 bridgehead atoms. The highest BCUT2D eigenvalue weighted by Gasteiger charge is 2.18. The normalized spacial score (nSPS) is 11.8. The molecule has 0 amide bonds. The molecular weight excluding hydrogens is 437 g/mol. The molecule has 0 radical (unpaired) electrons. The number of carboxylic acids is 2. The van der Waals surface area contributed by atoms with Gasteiger partial charge >= 0.3 is 11.9 Å². The summed E-state index contributed by atoms with van der Waals surface area (Å²) in [5, 5.41) is 27.5. The van der Waals surface area contributed by atoms with Crippen molar-refractivity contribution in [1.29, 1.82) is 0 Å². The highest BCUT2D eigenvalue weighted by Crippen LogP contribution is 2.29. The van der Waals surface area contributed by atoms with E-state index in [-0.39, 0.29) is 17.8 Å². The average Bonchev–Trinajstić information content (AvgIpc) is 2.84. The van der Waals surface area contributed by atoms with E-state index in [1.165, 1.54) is 28.3 Å². The molecule has 3 N–H and O–H groups in total. The van der Waals surface area contributed by atoms with Gasteiger partial charge in [0.2, 0.25) is 0 Å². The zero-order valence-corrected chi connectivity index (χ0v) is 18.8. The van der Waals surface area contributed by atoms with E-state index >= 15 is 0 Å². The quantitative estimate of drug-likeness (QED) is 0.285. The highest BCUT2D eigenvalue weighted by atomic mass is 19.1. The molecule has 7 heteroatoms. The van der Waals surface area contributed by atoms with Crippen molar-refractivity contribution >= 4 is 11.9 Å². The molecule has 0 saturated carbocycles. The highest BCUT2D eigenvalue weighted by molar-refractivity contribution is 5.89. The lowest BCUT2D eigenvalue weighted by molar-refractivity contribution is -0.134. The van der Waals surface area contributed by atoms with Gasteiger partial charge in [0.05, 0.1) is 6.04 Å². The number of hydrogen-bond donors (Lipinski definition) is 3. The van der Waals surface area contributed by atoms with Gasteiger partial charge < -0.3 is 15.4 Å². The second kappa shape index (κ2) is 13.7. The van der Waals surface area contributed by atoms with Crippen LogP contribution in [0.4, 0.5) is 4.39 Å². The molecule has 0 aliphatic heterocycles. The summed E-state index contributed by atoms with van der Waals surface area (Å²) in [5.74, 6) is -2.56. The summed E-state index contributed by atoms with van der Waals surface area (Å²) in [7, 11) is 0. The molecular formula is C27H28FNO5. The number of nitrogens with zero attached hydrogens (tertiary/aromatic N) is 1. The molecule has 0 heterocycles. The molecule has 0 saturated heterocycles. The van der Waals surface area contributed by atoms with E-state index in [4.69, 9.17) is 10.2 Å². The maximum absolute atomic E-state index is 13.1. The zero-order valence-electron chi connectivity index (χ0n) is 18.8. The van der Waals surface area contributed by atoms with Crippen molar-refractivity contribution in [3.63, 3.8) is 0 Å². The van der Waals surface area contributed by atoms with Gasteiger partial charge in [-0.3, -0.25) is 0 Å². The molecule has 178 valence electrons. The minimum Gasteiger partial charge on any atom is -0.478 e. The van der Waals surface area contributed by atoms with Crippen molar-refractivity contribution in [2.75, 3.05) is 6.54 Å². The molecule has 3 rings (SSSR count). The topological polar surface area (TPSA) is 98.1 Å². The minimum absolute atomic E-state index is 0.192. The Labute approximate surface area is 198 Å². The van der Waals surface area contributed by atoms with E-state index in [2.05, 4.69) is 24.3 Å². The lowest BCUT2D eigenvalue weighted by Gasteiger charge is -2.26. The summed E-state index contributed by atoms with van der Waals surface area (Å²) in [6.45, 7) is 2.44. The third kappa shape index (κ3) is 8.97. The van der Waals surface area contributed by atoms with Gasteiger partial charge in [0.15, 0.2) is 0 Å². The Morgan fingerprint density at radius 1 is 0.794 bits per heavy atom. The Hall–Kier alpha value is -3.81. The lowest BCUT2D eigenvalue weighted by atomic mass is 9.88. The van der Waals surface area contributed by atoms with Crippen LogP contribution >= 0.6 is 0 Å². The minimum atomic E-state index is -1.26. The monoisotopic (exact) mass is 465 g/mol. The smallest absolute Gasteiger partial charge is 0.328 e. The van der Waals surface area contributed by atoms with Crippen molar-refractivity contribution in [3.8, 4) is 0 Å². The number of rotatable bonds is 9. The van der Waals surface area contributed by atoms with Crippen LogP contribution in [0.25, 0.3) is 0 Å². The van der Waals surface area contributed by atoms with Crippen molar-refractivity contribution in [2.24, 2.45) is 0 Å². The van der Waals surface area contributed by atoms with Gasteiger partial charge in [-0.15, -0.1) is 0 Å². The van der Waals surface area contributed by atoms with Crippen molar-refractivity contribution in [3.05, 3.63) is 120 Å². The van der Waals surface area contributed by atoms with Crippen molar-refractivity contribution < 1.29 is 29.4 Å². The molecule has 1 unspecified atom stereocenters. The van der Waals surface area contributed by atoms with Crippen LogP contribution in [-0.4, -0.2) is 39.0 Å². The third-order valence-corrected chi connectivity index (χ3v) is 5.22. The molecule has 1 atom stereocenters. The molecule has 0 spiro atoms. The maximum atomic E-state index is 13.1. The largest absolute Gasteiger partial charge is 0.478 e. The van der Waals surface area contributed by atoms with Gasteiger partial charge in [0.1, 0.15) is 5.82 Å². The van der Waals surface area contributed by atoms with Crippen LogP contribution in [0.15, 0.2) is 97.1 Å². The number of carboxylic acid groups (broad SMARTS) is 2. The van der Waals surface area contributed by atoms with Crippen LogP contribution in [0.1, 0.15) is 42.0 Å². The summed E-state index contributed by atoms with van der Waals surface area (Å²) in [6.07, 6.45) is 1.90. The molecule has 3 aromatic carbocycles. The van der Waals surface area contributed by atoms with Crippen LogP contribution in [0, 0.1) is 5.82 Å². The first kappa shape index (κ1) is 26.4. The van der Waals surface area contributed by atoms with Crippen LogP contribution in [0.3, 0.4) is 0 Å². The van der Waals surface area contributed by atoms with Crippen molar-refractivity contribution in [1.82, 2.24) is 5.06 Å². The number of carbonyl (C=O) groups is 2. The van der Waals surface area contributed by atoms with E-state index in [0.717, 1.165) is 12.0 Å². The molecule has 0 aliphatic rings. The van der Waals surface area contributed by atoms with Crippen LogP contribution in [0.2, 0.25) is 0 Å². The van der Waals surface area contributed by atoms with Gasteiger partial charge in [0, 0.05) is 24.6 Å². The van der Waals surface area contributed by atoms with E-state index in [0.29, 0.717) is 18.7 Å². The molecule has 3 aromatic rings. The molecule has 34 heavy (non-hydrogen) atoms. The second-order valence-corrected chi connectivity index (χ2v) is 7.56. The second-order valence-electron chi connectivity index (χ2n) is 7.56. The van der Waals surface area contributed by atoms with Crippen LogP contribution in [0.5, 0.6) is 0 Å². The Bertz CT molecular complexity index is 1000. The fraction of sp³-hybridized carbons (Fsp3) is 0.185. The summed E-state index contributed by atoms with van der Waals surface area (Å²) in [4.78, 5) is 19.1. The van der Waals surface area contributed by atoms with E-state index in [1.54, 1.807) is 12.1 Å². The van der Waals surface area contributed by atoms with E-state index in [9.17, 15) is 19.2 Å². The molecule has 0 aliphatic carbocycles. The first-order valence-corrected chi connectivity index (χ1v) is 10.7.